The molecule has 3 rings (SSSR count). The summed E-state index contributed by atoms with van der Waals surface area (Å²) in [6, 6.07) is 5.27. The van der Waals surface area contributed by atoms with E-state index in [0.717, 1.165) is 0 Å². The molecule has 3 heterocycles. The maximum absolute atomic E-state index is 12.1. The number of pyridine rings is 1. The number of rotatable bonds is 4. The van der Waals surface area contributed by atoms with E-state index < -0.39 is 0 Å². The van der Waals surface area contributed by atoms with Crippen molar-refractivity contribution in [2.75, 3.05) is 23.5 Å². The Balaban J connectivity index is 1.73. The summed E-state index contributed by atoms with van der Waals surface area (Å²) in [6.45, 7) is 0.0548. The molecular weight excluding hydrogens is 290 g/mol. The average molecular weight is 303 g/mol. The number of aromatic nitrogens is 3. The first-order chi connectivity index (χ1) is 10.2. The van der Waals surface area contributed by atoms with Crippen molar-refractivity contribution in [1.82, 2.24) is 19.7 Å². The number of nitrogens with one attached hydrogen (secondary N) is 1. The molecule has 1 N–H and O–H groups in total. The maximum Gasteiger partial charge on any atom is 0.244 e. The van der Waals surface area contributed by atoms with Gasteiger partial charge in [-0.1, -0.05) is 0 Å². The van der Waals surface area contributed by atoms with Gasteiger partial charge in [-0.25, -0.2) is 9.67 Å². The average Bonchev–Trinajstić information content (AvgIpc) is 3.12. The highest BCUT2D eigenvalue weighted by Crippen LogP contribution is 2.17. The molecule has 0 spiro atoms. The minimum absolute atomic E-state index is 0.00589. The van der Waals surface area contributed by atoms with Gasteiger partial charge in [0.25, 0.3) is 0 Å². The molecular formula is C13H13N5O2S. The predicted molar refractivity (Wildman–Crippen MR) is 79.0 cm³/mol. The van der Waals surface area contributed by atoms with Crippen LogP contribution in [0.1, 0.15) is 0 Å². The summed E-state index contributed by atoms with van der Waals surface area (Å²) in [7, 11) is 0. The van der Waals surface area contributed by atoms with Gasteiger partial charge in [-0.3, -0.25) is 9.59 Å². The van der Waals surface area contributed by atoms with Crippen LogP contribution in [0.3, 0.4) is 0 Å². The zero-order valence-corrected chi connectivity index (χ0v) is 11.9. The third kappa shape index (κ3) is 3.05. The summed E-state index contributed by atoms with van der Waals surface area (Å²) in [5.41, 5.74) is 0.561. The highest BCUT2D eigenvalue weighted by atomic mass is 32.2. The third-order valence-corrected chi connectivity index (χ3v) is 3.89. The monoisotopic (exact) mass is 303 g/mol. The fourth-order valence-corrected chi connectivity index (χ4v) is 2.88. The molecule has 2 aromatic rings. The first-order valence-electron chi connectivity index (χ1n) is 6.34. The Labute approximate surface area is 125 Å². The summed E-state index contributed by atoms with van der Waals surface area (Å²) >= 11 is 1.51. The minimum Gasteiger partial charge on any atom is -0.323 e. The van der Waals surface area contributed by atoms with Crippen LogP contribution in [0.15, 0.2) is 36.8 Å². The van der Waals surface area contributed by atoms with Gasteiger partial charge in [0.05, 0.1) is 17.3 Å². The van der Waals surface area contributed by atoms with Crippen LogP contribution in [-0.4, -0.2) is 49.7 Å². The fraction of sp³-hybridized carbons (Fsp3) is 0.231. The fourth-order valence-electron chi connectivity index (χ4n) is 1.97. The Morgan fingerprint density at radius 1 is 1.38 bits per heavy atom. The molecule has 1 aliphatic heterocycles. The quantitative estimate of drug-likeness (QED) is 0.901. The van der Waals surface area contributed by atoms with Gasteiger partial charge < -0.3 is 10.2 Å². The number of hydrogen-bond donors (Lipinski definition) is 1. The van der Waals surface area contributed by atoms with E-state index in [1.54, 1.807) is 41.5 Å². The molecule has 7 nitrogen and oxygen atoms in total. The van der Waals surface area contributed by atoms with E-state index in [1.807, 2.05) is 0 Å². The molecule has 8 heteroatoms. The molecule has 0 atom stereocenters. The molecule has 1 saturated heterocycles. The van der Waals surface area contributed by atoms with E-state index in [-0.39, 0.29) is 18.4 Å². The summed E-state index contributed by atoms with van der Waals surface area (Å²) in [6.07, 6.45) is 5.02. The van der Waals surface area contributed by atoms with Crippen molar-refractivity contribution < 1.29 is 9.59 Å². The van der Waals surface area contributed by atoms with E-state index >= 15 is 0 Å². The van der Waals surface area contributed by atoms with Gasteiger partial charge in [-0.2, -0.15) is 5.10 Å². The van der Waals surface area contributed by atoms with E-state index in [9.17, 15) is 9.59 Å². The number of amides is 2. The van der Waals surface area contributed by atoms with Crippen LogP contribution >= 0.6 is 11.8 Å². The number of carbonyl (C=O) groups is 2. The van der Waals surface area contributed by atoms with Gasteiger partial charge in [-0.05, 0) is 18.2 Å². The molecule has 2 amide bonds. The molecule has 0 aliphatic carbocycles. The second kappa shape index (κ2) is 5.96. The normalized spacial score (nSPS) is 14.5. The maximum atomic E-state index is 12.1. The van der Waals surface area contributed by atoms with Crippen molar-refractivity contribution in [2.45, 2.75) is 0 Å². The molecule has 0 aromatic carbocycles. The van der Waals surface area contributed by atoms with Crippen molar-refractivity contribution in [3.63, 3.8) is 0 Å². The van der Waals surface area contributed by atoms with Crippen molar-refractivity contribution >= 4 is 29.3 Å². The number of thioether (sulfide) groups is 1. The second-order valence-corrected chi connectivity index (χ2v) is 5.40. The topological polar surface area (TPSA) is 80.1 Å². The predicted octanol–water partition coefficient (Wildman–Crippen LogP) is 0.739. The Kier molecular flexibility index (Phi) is 3.87. The lowest BCUT2D eigenvalue weighted by molar-refractivity contribution is -0.130. The smallest absolute Gasteiger partial charge is 0.244 e. The Hall–Kier alpha value is -2.35. The van der Waals surface area contributed by atoms with E-state index in [4.69, 9.17) is 0 Å². The largest absolute Gasteiger partial charge is 0.323 e. The Morgan fingerprint density at radius 3 is 3.00 bits per heavy atom. The highest BCUT2D eigenvalue weighted by molar-refractivity contribution is 8.00. The van der Waals surface area contributed by atoms with E-state index in [0.29, 0.717) is 23.1 Å². The molecule has 0 saturated carbocycles. The lowest BCUT2D eigenvalue weighted by atomic mass is 10.3. The standard InChI is InChI=1S/C13H13N5O2S/c19-11(7-17-9-21-8-12(17)20)16-10-3-1-4-14-13(10)18-6-2-5-15-18/h1-6H,7-9H2,(H,16,19). The van der Waals surface area contributed by atoms with Crippen LogP contribution in [0, 0.1) is 0 Å². The first-order valence-corrected chi connectivity index (χ1v) is 7.50. The molecule has 0 unspecified atom stereocenters. The molecule has 0 radical (unpaired) electrons. The van der Waals surface area contributed by atoms with Gasteiger partial charge in [0.2, 0.25) is 11.8 Å². The van der Waals surface area contributed by atoms with Crippen LogP contribution in [-0.2, 0) is 9.59 Å². The van der Waals surface area contributed by atoms with E-state index in [2.05, 4.69) is 15.4 Å². The van der Waals surface area contributed by atoms with Crippen molar-refractivity contribution in [2.24, 2.45) is 0 Å². The molecule has 2 aromatic heterocycles. The van der Waals surface area contributed by atoms with E-state index in [1.165, 1.54) is 16.7 Å². The molecule has 1 fully saturated rings. The Bertz CT molecular complexity index is 658. The van der Waals surface area contributed by atoms with Gasteiger partial charge in [0.1, 0.15) is 6.54 Å². The molecule has 0 bridgehead atoms. The highest BCUT2D eigenvalue weighted by Gasteiger charge is 2.23. The number of anilines is 1. The lowest BCUT2D eigenvalue weighted by Gasteiger charge is -2.15. The molecule has 108 valence electrons. The zero-order valence-electron chi connectivity index (χ0n) is 11.1. The van der Waals surface area contributed by atoms with Crippen LogP contribution in [0.4, 0.5) is 5.69 Å². The Morgan fingerprint density at radius 2 is 2.29 bits per heavy atom. The number of nitrogens with zero attached hydrogens (tertiary/aromatic N) is 4. The van der Waals surface area contributed by atoms with Crippen LogP contribution in [0.2, 0.25) is 0 Å². The van der Waals surface area contributed by atoms with Crippen molar-refractivity contribution in [3.05, 3.63) is 36.8 Å². The SMILES string of the molecule is O=C(CN1CSCC1=O)Nc1cccnc1-n1cccn1. The third-order valence-electron chi connectivity index (χ3n) is 2.94. The summed E-state index contributed by atoms with van der Waals surface area (Å²) < 4.78 is 1.58. The first kappa shape index (κ1) is 13.6. The van der Waals surface area contributed by atoms with Crippen LogP contribution in [0.5, 0.6) is 0 Å². The van der Waals surface area contributed by atoms with Gasteiger partial charge in [0, 0.05) is 18.6 Å². The summed E-state index contributed by atoms with van der Waals surface area (Å²) in [4.78, 5) is 29.3. The summed E-state index contributed by atoms with van der Waals surface area (Å²) in [5.74, 6) is 1.29. The van der Waals surface area contributed by atoms with Crippen LogP contribution in [0.25, 0.3) is 5.82 Å². The van der Waals surface area contributed by atoms with Crippen molar-refractivity contribution in [1.29, 1.82) is 0 Å². The van der Waals surface area contributed by atoms with Crippen LogP contribution < -0.4 is 5.32 Å². The van der Waals surface area contributed by atoms with Gasteiger partial charge in [-0.15, -0.1) is 11.8 Å². The van der Waals surface area contributed by atoms with Gasteiger partial charge in [0.15, 0.2) is 5.82 Å². The number of carbonyl (C=O) groups excluding carboxylic acids is 2. The molecule has 1 aliphatic rings. The minimum atomic E-state index is -0.243. The summed E-state index contributed by atoms with van der Waals surface area (Å²) in [5, 5.41) is 6.89. The second-order valence-electron chi connectivity index (χ2n) is 4.44. The van der Waals surface area contributed by atoms with Gasteiger partial charge >= 0.3 is 0 Å². The molecule has 21 heavy (non-hydrogen) atoms. The van der Waals surface area contributed by atoms with Crippen molar-refractivity contribution in [3.8, 4) is 5.82 Å². The number of hydrogen-bond acceptors (Lipinski definition) is 5. The lowest BCUT2D eigenvalue weighted by Crippen LogP contribution is -2.34. The zero-order chi connectivity index (χ0) is 14.7.